The Morgan fingerprint density at radius 1 is 1.36 bits per heavy atom. The predicted octanol–water partition coefficient (Wildman–Crippen LogP) is 1.49. The minimum atomic E-state index is -0.520. The van der Waals surface area contributed by atoms with Gasteiger partial charge < -0.3 is 5.32 Å². The molecule has 2 aromatic rings. The Morgan fingerprint density at radius 3 is 2.68 bits per heavy atom. The molecule has 8 nitrogen and oxygen atoms in total. The summed E-state index contributed by atoms with van der Waals surface area (Å²) in [6, 6.07) is 5.72. The lowest BCUT2D eigenvalue weighted by Crippen LogP contribution is -2.36. The SMILES string of the molecule is CNc1[nH]c(=O)n(C2CC2)c(=O)c1-c1cccc([N+](=O)[O-])c1. The number of nitrogens with one attached hydrogen (secondary N) is 2. The molecule has 1 aliphatic carbocycles. The van der Waals surface area contributed by atoms with E-state index in [0.29, 0.717) is 5.56 Å². The summed E-state index contributed by atoms with van der Waals surface area (Å²) < 4.78 is 1.19. The maximum absolute atomic E-state index is 12.7. The van der Waals surface area contributed by atoms with Crippen LogP contribution in [0.1, 0.15) is 18.9 Å². The predicted molar refractivity (Wildman–Crippen MR) is 81.2 cm³/mol. The lowest BCUT2D eigenvalue weighted by molar-refractivity contribution is -0.384. The summed E-state index contributed by atoms with van der Waals surface area (Å²) >= 11 is 0. The van der Waals surface area contributed by atoms with E-state index in [-0.39, 0.29) is 23.1 Å². The van der Waals surface area contributed by atoms with Crippen LogP contribution in [0.15, 0.2) is 33.9 Å². The minimum Gasteiger partial charge on any atom is -0.374 e. The smallest absolute Gasteiger partial charge is 0.330 e. The van der Waals surface area contributed by atoms with Gasteiger partial charge in [-0.1, -0.05) is 12.1 Å². The molecule has 2 N–H and O–H groups in total. The molecular formula is C14H14N4O4. The Kier molecular flexibility index (Phi) is 3.28. The second-order valence-corrected chi connectivity index (χ2v) is 5.14. The van der Waals surface area contributed by atoms with Gasteiger partial charge in [0, 0.05) is 25.2 Å². The van der Waals surface area contributed by atoms with Gasteiger partial charge in [-0.3, -0.25) is 24.5 Å². The summed E-state index contributed by atoms with van der Waals surface area (Å²) in [7, 11) is 1.58. The Bertz CT molecular complexity index is 864. The van der Waals surface area contributed by atoms with Gasteiger partial charge in [0.1, 0.15) is 5.82 Å². The lowest BCUT2D eigenvalue weighted by Gasteiger charge is -2.11. The molecule has 3 rings (SSSR count). The Hall–Kier alpha value is -2.90. The zero-order valence-corrected chi connectivity index (χ0v) is 11.8. The van der Waals surface area contributed by atoms with Crippen molar-refractivity contribution < 1.29 is 4.92 Å². The number of aromatic amines is 1. The highest BCUT2D eigenvalue weighted by atomic mass is 16.6. The number of anilines is 1. The van der Waals surface area contributed by atoms with E-state index in [2.05, 4.69) is 10.3 Å². The maximum Gasteiger partial charge on any atom is 0.330 e. The number of hydrogen-bond donors (Lipinski definition) is 2. The Morgan fingerprint density at radius 2 is 2.09 bits per heavy atom. The van der Waals surface area contributed by atoms with Crippen molar-refractivity contribution in [2.24, 2.45) is 0 Å². The van der Waals surface area contributed by atoms with Crippen molar-refractivity contribution in [1.82, 2.24) is 9.55 Å². The fraction of sp³-hybridized carbons (Fsp3) is 0.286. The first kappa shape index (κ1) is 14.1. The molecule has 0 spiro atoms. The zero-order valence-electron chi connectivity index (χ0n) is 11.8. The number of aromatic nitrogens is 2. The molecule has 0 atom stereocenters. The van der Waals surface area contributed by atoms with E-state index in [1.807, 2.05) is 0 Å². The van der Waals surface area contributed by atoms with Gasteiger partial charge in [0.25, 0.3) is 11.2 Å². The van der Waals surface area contributed by atoms with E-state index in [0.717, 1.165) is 12.8 Å². The number of nitro groups is 1. The maximum atomic E-state index is 12.7. The number of benzene rings is 1. The summed E-state index contributed by atoms with van der Waals surface area (Å²) in [4.78, 5) is 37.7. The molecule has 0 unspecified atom stereocenters. The standard InChI is InChI=1S/C14H14N4O4/c1-15-12-11(8-3-2-4-10(7-8)18(21)22)13(19)17(9-5-6-9)14(20)16-12/h2-4,7,9,15H,5-6H2,1H3,(H,16,20). The third-order valence-corrected chi connectivity index (χ3v) is 3.64. The van der Waals surface area contributed by atoms with E-state index < -0.39 is 16.2 Å². The van der Waals surface area contributed by atoms with Gasteiger partial charge >= 0.3 is 5.69 Å². The van der Waals surface area contributed by atoms with Gasteiger partial charge in [0.15, 0.2) is 0 Å². The largest absolute Gasteiger partial charge is 0.374 e. The zero-order chi connectivity index (χ0) is 15.9. The first-order valence-electron chi connectivity index (χ1n) is 6.84. The molecule has 1 saturated carbocycles. The van der Waals surface area contributed by atoms with E-state index in [1.54, 1.807) is 13.1 Å². The molecule has 1 aromatic carbocycles. The fourth-order valence-electron chi connectivity index (χ4n) is 2.44. The second kappa shape index (κ2) is 5.14. The van der Waals surface area contributed by atoms with Crippen LogP contribution >= 0.6 is 0 Å². The molecule has 1 fully saturated rings. The topological polar surface area (TPSA) is 110 Å². The van der Waals surface area contributed by atoms with E-state index in [1.165, 1.54) is 22.8 Å². The van der Waals surface area contributed by atoms with Crippen LogP contribution in [0.3, 0.4) is 0 Å². The van der Waals surface area contributed by atoms with Crippen LogP contribution in [0.2, 0.25) is 0 Å². The lowest BCUT2D eigenvalue weighted by atomic mass is 10.1. The Balaban J connectivity index is 2.27. The van der Waals surface area contributed by atoms with Gasteiger partial charge in [-0.2, -0.15) is 0 Å². The van der Waals surface area contributed by atoms with Gasteiger partial charge in [-0.15, -0.1) is 0 Å². The number of H-pyrrole nitrogens is 1. The summed E-state index contributed by atoms with van der Waals surface area (Å²) in [6.07, 6.45) is 1.58. The summed E-state index contributed by atoms with van der Waals surface area (Å²) in [6.45, 7) is 0. The first-order chi connectivity index (χ1) is 10.5. The van der Waals surface area contributed by atoms with E-state index >= 15 is 0 Å². The van der Waals surface area contributed by atoms with Crippen molar-refractivity contribution in [3.63, 3.8) is 0 Å². The monoisotopic (exact) mass is 302 g/mol. The summed E-state index contributed by atoms with van der Waals surface area (Å²) in [5.74, 6) is 0.257. The quantitative estimate of drug-likeness (QED) is 0.656. The number of rotatable bonds is 4. The van der Waals surface area contributed by atoms with Gasteiger partial charge in [-0.05, 0) is 18.4 Å². The Labute approximate surface area is 124 Å². The van der Waals surface area contributed by atoms with Gasteiger partial charge in [0.2, 0.25) is 0 Å². The van der Waals surface area contributed by atoms with E-state index in [9.17, 15) is 19.7 Å². The van der Waals surface area contributed by atoms with E-state index in [4.69, 9.17) is 0 Å². The third-order valence-electron chi connectivity index (χ3n) is 3.64. The number of non-ortho nitro benzene ring substituents is 1. The molecule has 1 aliphatic rings. The van der Waals surface area contributed by atoms with Crippen molar-refractivity contribution in [2.45, 2.75) is 18.9 Å². The average molecular weight is 302 g/mol. The van der Waals surface area contributed by atoms with Crippen LogP contribution in [-0.4, -0.2) is 21.5 Å². The van der Waals surface area contributed by atoms with Crippen molar-refractivity contribution in [2.75, 3.05) is 12.4 Å². The highest BCUT2D eigenvalue weighted by Gasteiger charge is 2.29. The van der Waals surface area contributed by atoms with Crippen molar-refractivity contribution in [3.8, 4) is 11.1 Å². The molecule has 22 heavy (non-hydrogen) atoms. The molecule has 0 radical (unpaired) electrons. The molecule has 0 amide bonds. The highest BCUT2D eigenvalue weighted by Crippen LogP contribution is 2.33. The van der Waals surface area contributed by atoms with Crippen LogP contribution in [0.5, 0.6) is 0 Å². The van der Waals surface area contributed by atoms with Crippen LogP contribution in [0, 0.1) is 10.1 Å². The normalized spacial score (nSPS) is 13.9. The van der Waals surface area contributed by atoms with Crippen molar-refractivity contribution in [3.05, 3.63) is 55.2 Å². The molecular weight excluding hydrogens is 288 g/mol. The molecule has 1 heterocycles. The number of hydrogen-bond acceptors (Lipinski definition) is 5. The average Bonchev–Trinajstić information content (AvgIpc) is 3.31. The summed E-state index contributed by atoms with van der Waals surface area (Å²) in [5.41, 5.74) is -0.378. The molecule has 114 valence electrons. The van der Waals surface area contributed by atoms with Crippen LogP contribution in [-0.2, 0) is 0 Å². The van der Waals surface area contributed by atoms with Crippen LogP contribution in [0.25, 0.3) is 11.1 Å². The van der Waals surface area contributed by atoms with Crippen LogP contribution < -0.4 is 16.6 Å². The third kappa shape index (κ3) is 2.28. The van der Waals surface area contributed by atoms with Gasteiger partial charge in [-0.25, -0.2) is 4.79 Å². The molecule has 8 heteroatoms. The fourth-order valence-corrected chi connectivity index (χ4v) is 2.44. The van der Waals surface area contributed by atoms with Crippen molar-refractivity contribution >= 4 is 11.5 Å². The molecule has 0 saturated heterocycles. The number of nitrogens with zero attached hydrogens (tertiary/aromatic N) is 2. The molecule has 0 bridgehead atoms. The first-order valence-corrected chi connectivity index (χ1v) is 6.84. The second-order valence-electron chi connectivity index (χ2n) is 5.14. The molecule has 0 aliphatic heterocycles. The minimum absolute atomic E-state index is 0.0837. The highest BCUT2D eigenvalue weighted by molar-refractivity contribution is 5.75. The van der Waals surface area contributed by atoms with Crippen LogP contribution in [0.4, 0.5) is 11.5 Å². The number of nitro benzene ring substituents is 1. The van der Waals surface area contributed by atoms with Gasteiger partial charge in [0.05, 0.1) is 10.5 Å². The van der Waals surface area contributed by atoms with Crippen molar-refractivity contribution in [1.29, 1.82) is 0 Å². The molecule has 1 aromatic heterocycles. The summed E-state index contributed by atoms with van der Waals surface area (Å²) in [5, 5.41) is 13.7.